The van der Waals surface area contributed by atoms with Gasteiger partial charge in [0.25, 0.3) is 0 Å². The second-order valence-electron chi connectivity index (χ2n) is 4.53. The van der Waals surface area contributed by atoms with Crippen molar-refractivity contribution in [3.63, 3.8) is 0 Å². The molecule has 1 rings (SSSR count). The van der Waals surface area contributed by atoms with Gasteiger partial charge in [-0.1, -0.05) is 12.1 Å². The summed E-state index contributed by atoms with van der Waals surface area (Å²) in [6.07, 6.45) is 0. The first-order chi connectivity index (χ1) is 8.40. The summed E-state index contributed by atoms with van der Waals surface area (Å²) >= 11 is 0. The van der Waals surface area contributed by atoms with Gasteiger partial charge in [-0.2, -0.15) is 0 Å². The highest BCUT2D eigenvalue weighted by Crippen LogP contribution is 2.09. The Balaban J connectivity index is 2.74. The molecule has 0 unspecified atom stereocenters. The number of benzene rings is 1. The molecule has 0 aliphatic heterocycles. The van der Waals surface area contributed by atoms with Crippen LogP contribution in [0.15, 0.2) is 24.3 Å². The van der Waals surface area contributed by atoms with Crippen LogP contribution in [-0.2, 0) is 11.3 Å². The number of carbonyl (C=O) groups excluding carboxylic acids is 2. The van der Waals surface area contributed by atoms with E-state index >= 15 is 0 Å². The largest absolute Gasteiger partial charge is 0.369 e. The molecule has 1 aromatic rings. The zero-order valence-corrected chi connectivity index (χ0v) is 10.7. The fraction of sp³-hybridized carbons (Fsp3) is 0.385. The predicted octanol–water partition coefficient (Wildman–Crippen LogP) is 0.481. The van der Waals surface area contributed by atoms with Gasteiger partial charge in [0, 0.05) is 18.2 Å². The monoisotopic (exact) mass is 249 g/mol. The van der Waals surface area contributed by atoms with Gasteiger partial charge < -0.3 is 11.5 Å². The molecule has 2 amide bonds. The summed E-state index contributed by atoms with van der Waals surface area (Å²) in [6.45, 7) is 4.83. The quantitative estimate of drug-likeness (QED) is 0.768. The standard InChI is InChI=1S/C13H19N3O2/c1-9(2)16(8-12(14)17)7-10-3-5-11(6-4-10)13(15)18/h3-6,9H,7-8H2,1-2H3,(H2,14,17)(H2,15,18). The maximum absolute atomic E-state index is 11.0. The Morgan fingerprint density at radius 2 is 1.72 bits per heavy atom. The van der Waals surface area contributed by atoms with E-state index in [1.165, 1.54) is 0 Å². The predicted molar refractivity (Wildman–Crippen MR) is 69.7 cm³/mol. The van der Waals surface area contributed by atoms with Crippen molar-refractivity contribution in [2.24, 2.45) is 11.5 Å². The van der Waals surface area contributed by atoms with E-state index in [-0.39, 0.29) is 18.5 Å². The van der Waals surface area contributed by atoms with Gasteiger partial charge in [0.1, 0.15) is 0 Å². The Morgan fingerprint density at radius 1 is 1.17 bits per heavy atom. The van der Waals surface area contributed by atoms with Gasteiger partial charge in [0.2, 0.25) is 11.8 Å². The average molecular weight is 249 g/mol. The number of nitrogens with two attached hydrogens (primary N) is 2. The number of rotatable bonds is 6. The van der Waals surface area contributed by atoms with E-state index in [1.54, 1.807) is 12.1 Å². The molecule has 0 aliphatic carbocycles. The first kappa shape index (κ1) is 14.2. The molecule has 4 N–H and O–H groups in total. The van der Waals surface area contributed by atoms with Gasteiger partial charge in [0.05, 0.1) is 6.54 Å². The van der Waals surface area contributed by atoms with Gasteiger partial charge >= 0.3 is 0 Å². The number of amides is 2. The summed E-state index contributed by atoms with van der Waals surface area (Å²) in [5.74, 6) is -0.795. The van der Waals surface area contributed by atoms with Crippen LogP contribution in [0.5, 0.6) is 0 Å². The molecule has 18 heavy (non-hydrogen) atoms. The maximum Gasteiger partial charge on any atom is 0.248 e. The van der Waals surface area contributed by atoms with E-state index in [1.807, 2.05) is 30.9 Å². The molecule has 0 radical (unpaired) electrons. The van der Waals surface area contributed by atoms with Crippen LogP contribution < -0.4 is 11.5 Å². The average Bonchev–Trinajstić information content (AvgIpc) is 2.28. The van der Waals surface area contributed by atoms with Crippen molar-refractivity contribution in [3.8, 4) is 0 Å². The molecular formula is C13H19N3O2. The zero-order chi connectivity index (χ0) is 13.7. The van der Waals surface area contributed by atoms with E-state index in [0.717, 1.165) is 5.56 Å². The molecule has 0 aromatic heterocycles. The molecule has 5 heteroatoms. The molecule has 1 aromatic carbocycles. The van der Waals surface area contributed by atoms with Crippen molar-refractivity contribution in [2.45, 2.75) is 26.4 Å². The molecule has 0 spiro atoms. The molecule has 0 atom stereocenters. The minimum absolute atomic E-state index is 0.216. The van der Waals surface area contributed by atoms with Crippen LogP contribution in [-0.4, -0.2) is 29.3 Å². The van der Waals surface area contributed by atoms with Gasteiger partial charge in [0.15, 0.2) is 0 Å². The van der Waals surface area contributed by atoms with Crippen LogP contribution in [0.25, 0.3) is 0 Å². The van der Waals surface area contributed by atoms with E-state index < -0.39 is 5.91 Å². The fourth-order valence-corrected chi connectivity index (χ4v) is 1.63. The fourth-order valence-electron chi connectivity index (χ4n) is 1.63. The minimum atomic E-state index is -0.445. The molecule has 0 aliphatic rings. The SMILES string of the molecule is CC(C)N(CC(N)=O)Cc1ccc(C(N)=O)cc1. The highest BCUT2D eigenvalue weighted by molar-refractivity contribution is 5.92. The Bertz CT molecular complexity index is 426. The number of nitrogens with zero attached hydrogens (tertiary/aromatic N) is 1. The van der Waals surface area contributed by atoms with Crippen LogP contribution >= 0.6 is 0 Å². The van der Waals surface area contributed by atoms with Gasteiger partial charge in [-0.25, -0.2) is 0 Å². The summed E-state index contributed by atoms with van der Waals surface area (Å²) in [6, 6.07) is 7.24. The van der Waals surface area contributed by atoms with Crippen LogP contribution in [0.3, 0.4) is 0 Å². The van der Waals surface area contributed by atoms with Crippen LogP contribution in [0.2, 0.25) is 0 Å². The molecule has 5 nitrogen and oxygen atoms in total. The molecule has 0 heterocycles. The summed E-state index contributed by atoms with van der Waals surface area (Å²) in [5.41, 5.74) is 11.9. The van der Waals surface area contributed by atoms with Crippen molar-refractivity contribution in [1.82, 2.24) is 4.90 Å². The normalized spacial score (nSPS) is 10.9. The molecule has 0 saturated carbocycles. The highest BCUT2D eigenvalue weighted by atomic mass is 16.1. The smallest absolute Gasteiger partial charge is 0.248 e. The third-order valence-electron chi connectivity index (χ3n) is 2.71. The summed E-state index contributed by atoms with van der Waals surface area (Å²) in [4.78, 5) is 23.9. The third kappa shape index (κ3) is 4.18. The van der Waals surface area contributed by atoms with Crippen molar-refractivity contribution >= 4 is 11.8 Å². The molecule has 0 fully saturated rings. The first-order valence-electron chi connectivity index (χ1n) is 5.81. The topological polar surface area (TPSA) is 89.4 Å². The molecule has 98 valence electrons. The lowest BCUT2D eigenvalue weighted by molar-refractivity contribution is -0.119. The Kier molecular flexibility index (Phi) is 4.85. The Labute approximate surface area is 107 Å². The van der Waals surface area contributed by atoms with Gasteiger partial charge in [-0.05, 0) is 31.5 Å². The van der Waals surface area contributed by atoms with Crippen LogP contribution in [0, 0.1) is 0 Å². The minimum Gasteiger partial charge on any atom is -0.369 e. The van der Waals surface area contributed by atoms with Crippen molar-refractivity contribution in [1.29, 1.82) is 0 Å². The zero-order valence-electron chi connectivity index (χ0n) is 10.7. The second kappa shape index (κ2) is 6.16. The van der Waals surface area contributed by atoms with E-state index in [4.69, 9.17) is 11.5 Å². The van der Waals surface area contributed by atoms with Crippen molar-refractivity contribution < 1.29 is 9.59 Å². The molecular weight excluding hydrogens is 230 g/mol. The van der Waals surface area contributed by atoms with E-state index in [0.29, 0.717) is 12.1 Å². The van der Waals surface area contributed by atoms with Crippen LogP contribution in [0.1, 0.15) is 29.8 Å². The first-order valence-corrected chi connectivity index (χ1v) is 5.81. The number of primary amides is 2. The van der Waals surface area contributed by atoms with E-state index in [2.05, 4.69) is 0 Å². The maximum atomic E-state index is 11.0. The van der Waals surface area contributed by atoms with Crippen molar-refractivity contribution in [2.75, 3.05) is 6.54 Å². The van der Waals surface area contributed by atoms with Crippen molar-refractivity contribution in [3.05, 3.63) is 35.4 Å². The lowest BCUT2D eigenvalue weighted by Gasteiger charge is -2.24. The summed E-state index contributed by atoms with van der Waals surface area (Å²) in [5, 5.41) is 0. The number of carbonyl (C=O) groups is 2. The Morgan fingerprint density at radius 3 is 2.11 bits per heavy atom. The second-order valence-corrected chi connectivity index (χ2v) is 4.53. The van der Waals surface area contributed by atoms with Gasteiger partial charge in [-0.3, -0.25) is 14.5 Å². The Hall–Kier alpha value is -1.88. The lowest BCUT2D eigenvalue weighted by Crippen LogP contribution is -2.37. The number of hydrogen-bond acceptors (Lipinski definition) is 3. The van der Waals surface area contributed by atoms with E-state index in [9.17, 15) is 9.59 Å². The highest BCUT2D eigenvalue weighted by Gasteiger charge is 2.12. The third-order valence-corrected chi connectivity index (χ3v) is 2.71. The molecule has 0 bridgehead atoms. The summed E-state index contributed by atoms with van der Waals surface area (Å²) < 4.78 is 0. The number of hydrogen-bond donors (Lipinski definition) is 2. The van der Waals surface area contributed by atoms with Crippen LogP contribution in [0.4, 0.5) is 0 Å². The molecule has 0 saturated heterocycles. The summed E-state index contributed by atoms with van der Waals surface area (Å²) in [7, 11) is 0. The van der Waals surface area contributed by atoms with Gasteiger partial charge in [-0.15, -0.1) is 0 Å². The lowest BCUT2D eigenvalue weighted by atomic mass is 10.1.